The first kappa shape index (κ1) is 18.4. The molecule has 0 aliphatic carbocycles. The minimum Gasteiger partial charge on any atom is -1.00 e. The van der Waals surface area contributed by atoms with Gasteiger partial charge in [0, 0.05) is 0 Å². The molecule has 2 aromatic carbocycles. The Morgan fingerprint density at radius 1 is 0.562 bits per heavy atom. The zero-order chi connectivity index (χ0) is 8.93. The largest absolute Gasteiger partial charge is 2.00 e. The summed E-state index contributed by atoms with van der Waals surface area (Å²) >= 11 is 0. The fraction of sp³-hybridized carbons (Fsp3) is 0. The van der Waals surface area contributed by atoms with E-state index >= 15 is 0 Å². The molecule has 0 saturated carbocycles. The van der Waals surface area contributed by atoms with Gasteiger partial charge in [0.15, 0.2) is 0 Å². The average molecular weight is 358 g/mol. The second-order valence-corrected chi connectivity index (χ2v) is 4.26. The summed E-state index contributed by atoms with van der Waals surface area (Å²) in [6.07, 6.45) is 0. The van der Waals surface area contributed by atoms with E-state index in [-0.39, 0.29) is 44.3 Å². The van der Waals surface area contributed by atoms with Crippen LogP contribution in [0.4, 0.5) is 0 Å². The van der Waals surface area contributed by atoms with Gasteiger partial charge in [0.25, 0.3) is 0 Å². The zero-order valence-electron chi connectivity index (χ0n) is 8.38. The minimum atomic E-state index is 0. The van der Waals surface area contributed by atoms with Gasteiger partial charge >= 0.3 is 19.5 Å². The Balaban J connectivity index is 0. The van der Waals surface area contributed by atoms with Crippen LogP contribution in [0.3, 0.4) is 0 Å². The van der Waals surface area contributed by atoms with Gasteiger partial charge in [-0.3, -0.25) is 0 Å². The number of hydrogen-bond donors (Lipinski definition) is 0. The summed E-state index contributed by atoms with van der Waals surface area (Å²) < 4.78 is 0. The monoisotopic (exact) mass is 358 g/mol. The summed E-state index contributed by atoms with van der Waals surface area (Å²) in [7, 11) is 0.777. The van der Waals surface area contributed by atoms with E-state index in [0.29, 0.717) is 0 Å². The van der Waals surface area contributed by atoms with E-state index in [1.165, 1.54) is 10.6 Å². The summed E-state index contributed by atoms with van der Waals surface area (Å²) in [5.74, 6) is 0. The van der Waals surface area contributed by atoms with Crippen molar-refractivity contribution in [2.45, 2.75) is 0 Å². The van der Waals surface area contributed by atoms with E-state index in [1.807, 2.05) is 0 Å². The first-order valence-electron chi connectivity index (χ1n) is 4.32. The van der Waals surface area contributed by atoms with E-state index < -0.39 is 0 Å². The third-order valence-electron chi connectivity index (χ3n) is 1.84. The molecule has 16 heavy (non-hydrogen) atoms. The molecule has 0 nitrogen and oxygen atoms in total. The van der Waals surface area contributed by atoms with Gasteiger partial charge in [-0.05, 0) is 10.6 Å². The predicted octanol–water partition coefficient (Wildman–Crippen LogP) is -3.68. The van der Waals surface area contributed by atoms with Gasteiger partial charge < -0.3 is 24.8 Å². The fourth-order valence-electron chi connectivity index (χ4n) is 1.21. The molecule has 0 amide bonds. The summed E-state index contributed by atoms with van der Waals surface area (Å²) in [4.78, 5) is 0. The third-order valence-corrected chi connectivity index (χ3v) is 3.08. The quantitative estimate of drug-likeness (QED) is 0.384. The van der Waals surface area contributed by atoms with Crippen molar-refractivity contribution in [2.75, 3.05) is 0 Å². The Kier molecular flexibility index (Phi) is 11.8. The van der Waals surface area contributed by atoms with Crippen molar-refractivity contribution in [2.24, 2.45) is 0 Å². The first-order chi connectivity index (χ1) is 6.45. The summed E-state index contributed by atoms with van der Waals surface area (Å²) in [5.41, 5.74) is 0. The summed E-state index contributed by atoms with van der Waals surface area (Å²) in [5, 5.41) is 2.79. The van der Waals surface area contributed by atoms with Gasteiger partial charge in [0.1, 0.15) is 0 Å². The van der Waals surface area contributed by atoms with E-state index in [4.69, 9.17) is 0 Å². The van der Waals surface area contributed by atoms with Crippen LogP contribution in [0.2, 0.25) is 0 Å². The van der Waals surface area contributed by atoms with Gasteiger partial charge in [0.05, 0.1) is 0 Å². The van der Waals surface area contributed by atoms with Crippen molar-refractivity contribution < 1.29 is 44.3 Å². The van der Waals surface area contributed by atoms with Crippen molar-refractivity contribution in [3.05, 3.63) is 60.7 Å². The Hall–Kier alpha value is 0.0734. The standard InChI is InChI=1S/C12H11P.2ClH.Ru/c1-3-7-11(8-4-1)13-12-9-5-2-6-10-12;;;/h1-10,13H;2*1H;/q;;;+2/p-2. The van der Waals surface area contributed by atoms with Gasteiger partial charge in [-0.15, -0.1) is 0 Å². The van der Waals surface area contributed by atoms with Crippen LogP contribution in [0.1, 0.15) is 0 Å². The number of benzene rings is 2. The zero-order valence-corrected chi connectivity index (χ0v) is 12.6. The second-order valence-electron chi connectivity index (χ2n) is 2.86. The molecule has 0 atom stereocenters. The molecular weight excluding hydrogens is 347 g/mol. The average Bonchev–Trinajstić information content (AvgIpc) is 2.21. The molecule has 0 spiro atoms. The minimum absolute atomic E-state index is 0. The summed E-state index contributed by atoms with van der Waals surface area (Å²) in [6.45, 7) is 0. The number of rotatable bonds is 2. The van der Waals surface area contributed by atoms with E-state index in [0.717, 1.165) is 8.58 Å². The molecule has 0 bridgehead atoms. The van der Waals surface area contributed by atoms with Crippen molar-refractivity contribution in [3.8, 4) is 0 Å². The maximum atomic E-state index is 2.17. The van der Waals surface area contributed by atoms with Crippen LogP contribution in [-0.2, 0) is 19.5 Å². The number of hydrogen-bond acceptors (Lipinski definition) is 0. The topological polar surface area (TPSA) is 0 Å². The maximum Gasteiger partial charge on any atom is 2.00 e. The van der Waals surface area contributed by atoms with E-state index in [2.05, 4.69) is 60.7 Å². The Morgan fingerprint density at radius 3 is 1.19 bits per heavy atom. The fourth-order valence-corrected chi connectivity index (χ4v) is 2.26. The third kappa shape index (κ3) is 5.97. The summed E-state index contributed by atoms with van der Waals surface area (Å²) in [6, 6.07) is 21.2. The van der Waals surface area contributed by atoms with Gasteiger partial charge in [-0.25, -0.2) is 0 Å². The molecule has 2 rings (SSSR count). The van der Waals surface area contributed by atoms with Crippen LogP contribution in [0.5, 0.6) is 0 Å². The van der Waals surface area contributed by atoms with Gasteiger partial charge in [-0.2, -0.15) is 0 Å². The molecule has 2 aromatic rings. The molecule has 86 valence electrons. The molecule has 0 aliphatic heterocycles. The molecule has 0 unspecified atom stereocenters. The molecule has 0 aromatic heterocycles. The second kappa shape index (κ2) is 10.2. The number of halogens is 2. The SMILES string of the molecule is [Cl-].[Cl-].[Ru+2].c1ccc(Pc2ccccc2)cc1. The van der Waals surface area contributed by atoms with Crippen LogP contribution >= 0.6 is 8.58 Å². The van der Waals surface area contributed by atoms with Gasteiger partial charge in [-0.1, -0.05) is 69.2 Å². The predicted molar refractivity (Wildman–Crippen MR) is 60.5 cm³/mol. The molecule has 0 saturated heterocycles. The maximum absolute atomic E-state index is 2.17. The van der Waals surface area contributed by atoms with E-state index in [9.17, 15) is 0 Å². The van der Waals surface area contributed by atoms with Crippen LogP contribution in [0, 0.1) is 0 Å². The van der Waals surface area contributed by atoms with Crippen LogP contribution in [0.25, 0.3) is 0 Å². The van der Waals surface area contributed by atoms with Crippen LogP contribution in [0.15, 0.2) is 60.7 Å². The van der Waals surface area contributed by atoms with Gasteiger partial charge in [0.2, 0.25) is 0 Å². The Bertz CT molecular complexity index is 330. The van der Waals surface area contributed by atoms with Crippen molar-refractivity contribution in [1.29, 1.82) is 0 Å². The van der Waals surface area contributed by atoms with Crippen LogP contribution < -0.4 is 35.4 Å². The van der Waals surface area contributed by atoms with Crippen molar-refractivity contribution >= 4 is 19.2 Å². The van der Waals surface area contributed by atoms with E-state index in [1.54, 1.807) is 0 Å². The molecule has 0 radical (unpaired) electrons. The molecule has 0 fully saturated rings. The molecule has 0 N–H and O–H groups in total. The Labute approximate surface area is 124 Å². The molecule has 4 heteroatoms. The Morgan fingerprint density at radius 2 is 0.875 bits per heavy atom. The molecular formula is C12H11Cl2PRu. The molecule has 0 aliphatic rings. The van der Waals surface area contributed by atoms with Crippen molar-refractivity contribution in [3.63, 3.8) is 0 Å². The smallest absolute Gasteiger partial charge is 1.00 e. The van der Waals surface area contributed by atoms with Crippen molar-refractivity contribution in [1.82, 2.24) is 0 Å². The first-order valence-corrected chi connectivity index (χ1v) is 5.32. The van der Waals surface area contributed by atoms with Crippen LogP contribution in [-0.4, -0.2) is 0 Å². The molecule has 0 heterocycles. The normalized spacial score (nSPS) is 8.00.